The van der Waals surface area contributed by atoms with E-state index in [0.717, 1.165) is 6.42 Å². The fourth-order valence-corrected chi connectivity index (χ4v) is 2.64. The largest absolute Gasteiger partial charge is 0.345 e. The number of nitrogens with one attached hydrogen (secondary N) is 1. The Morgan fingerprint density at radius 3 is 2.73 bits per heavy atom. The highest BCUT2D eigenvalue weighted by Crippen LogP contribution is 2.28. The van der Waals surface area contributed by atoms with Crippen LogP contribution in [0.15, 0.2) is 0 Å². The van der Waals surface area contributed by atoms with Crippen LogP contribution in [0.25, 0.3) is 0 Å². The van der Waals surface area contributed by atoms with Gasteiger partial charge in [-0.25, -0.2) is 0 Å². The van der Waals surface area contributed by atoms with E-state index in [9.17, 15) is 9.59 Å². The van der Waals surface area contributed by atoms with E-state index in [0.29, 0.717) is 5.92 Å². The van der Waals surface area contributed by atoms with E-state index in [-0.39, 0.29) is 30.9 Å². The molecule has 15 heavy (non-hydrogen) atoms. The number of carbonyl (C=O) groups is 2. The monoisotopic (exact) mass is 210 g/mol. The predicted octanol–water partition coefficient (Wildman–Crippen LogP) is 0.523. The van der Waals surface area contributed by atoms with Gasteiger partial charge in [0, 0.05) is 6.04 Å². The van der Waals surface area contributed by atoms with Crippen LogP contribution in [0, 0.1) is 5.92 Å². The number of nitrogens with zero attached hydrogens (tertiary/aromatic N) is 1. The first-order valence-corrected chi connectivity index (χ1v) is 5.74. The summed E-state index contributed by atoms with van der Waals surface area (Å²) < 4.78 is 0. The number of rotatable bonds is 1. The molecule has 1 aliphatic carbocycles. The summed E-state index contributed by atoms with van der Waals surface area (Å²) >= 11 is 0. The van der Waals surface area contributed by atoms with Gasteiger partial charge in [-0.2, -0.15) is 0 Å². The number of carbonyl (C=O) groups excluding carboxylic acids is 2. The first-order chi connectivity index (χ1) is 7.18. The highest BCUT2D eigenvalue weighted by atomic mass is 16.2. The lowest BCUT2D eigenvalue weighted by atomic mass is 9.84. The highest BCUT2D eigenvalue weighted by Gasteiger charge is 2.33. The van der Waals surface area contributed by atoms with E-state index >= 15 is 0 Å². The van der Waals surface area contributed by atoms with Crippen LogP contribution in [0.5, 0.6) is 0 Å². The maximum absolute atomic E-state index is 11.7. The van der Waals surface area contributed by atoms with Gasteiger partial charge in [-0.3, -0.25) is 9.59 Å². The first-order valence-electron chi connectivity index (χ1n) is 5.74. The Morgan fingerprint density at radius 1 is 1.27 bits per heavy atom. The van der Waals surface area contributed by atoms with E-state index < -0.39 is 0 Å². The molecule has 0 aromatic heterocycles. The molecule has 2 rings (SSSR count). The summed E-state index contributed by atoms with van der Waals surface area (Å²) in [4.78, 5) is 24.7. The fraction of sp³-hybridized carbons (Fsp3) is 0.818. The number of hydrogen-bond donors (Lipinski definition) is 1. The van der Waals surface area contributed by atoms with E-state index in [1.807, 2.05) is 0 Å². The molecule has 1 saturated heterocycles. The Bertz CT molecular complexity index is 278. The average molecular weight is 210 g/mol. The van der Waals surface area contributed by atoms with Crippen LogP contribution in [-0.4, -0.2) is 35.8 Å². The maximum atomic E-state index is 11.7. The summed E-state index contributed by atoms with van der Waals surface area (Å²) in [5.74, 6) is 0.592. The molecule has 0 bridgehead atoms. The third kappa shape index (κ3) is 2.13. The van der Waals surface area contributed by atoms with Gasteiger partial charge in [0.05, 0.1) is 13.1 Å². The van der Waals surface area contributed by atoms with Crippen molar-refractivity contribution in [1.29, 1.82) is 0 Å². The third-order valence-corrected chi connectivity index (χ3v) is 3.54. The van der Waals surface area contributed by atoms with Gasteiger partial charge in [0.25, 0.3) is 0 Å². The van der Waals surface area contributed by atoms with Crippen molar-refractivity contribution in [3.8, 4) is 0 Å². The fourth-order valence-electron chi connectivity index (χ4n) is 2.64. The molecule has 1 N–H and O–H groups in total. The minimum absolute atomic E-state index is 0.0210. The highest BCUT2D eigenvalue weighted by molar-refractivity contribution is 5.92. The van der Waals surface area contributed by atoms with Crippen LogP contribution in [0.2, 0.25) is 0 Å². The molecule has 2 fully saturated rings. The SMILES string of the molecule is CC1CCCCC1N1CC(=O)NCC1=O. The van der Waals surface area contributed by atoms with Crippen LogP contribution in [0.3, 0.4) is 0 Å². The number of hydrogen-bond acceptors (Lipinski definition) is 2. The van der Waals surface area contributed by atoms with Crippen molar-refractivity contribution in [1.82, 2.24) is 10.2 Å². The molecule has 4 heteroatoms. The number of piperazine rings is 1. The van der Waals surface area contributed by atoms with Gasteiger partial charge in [0.2, 0.25) is 11.8 Å². The molecule has 0 spiro atoms. The van der Waals surface area contributed by atoms with E-state index in [4.69, 9.17) is 0 Å². The summed E-state index contributed by atoms with van der Waals surface area (Å²) in [6, 6.07) is 0.289. The zero-order valence-corrected chi connectivity index (χ0v) is 9.16. The Balaban J connectivity index is 2.06. The van der Waals surface area contributed by atoms with Crippen molar-refractivity contribution in [2.24, 2.45) is 5.92 Å². The molecule has 0 radical (unpaired) electrons. The van der Waals surface area contributed by atoms with Crippen molar-refractivity contribution in [2.45, 2.75) is 38.6 Å². The lowest BCUT2D eigenvalue weighted by Gasteiger charge is -2.40. The second-order valence-electron chi connectivity index (χ2n) is 4.63. The standard InChI is InChI=1S/C11H18N2O2/c1-8-4-2-3-5-9(8)13-7-10(14)12-6-11(13)15/h8-9H,2-7H2,1H3,(H,12,14). The second kappa shape index (κ2) is 4.21. The van der Waals surface area contributed by atoms with Gasteiger partial charge in [0.1, 0.15) is 0 Å². The topological polar surface area (TPSA) is 49.4 Å². The Kier molecular flexibility index (Phi) is 2.93. The summed E-state index contributed by atoms with van der Waals surface area (Å²) in [5.41, 5.74) is 0. The molecule has 1 saturated carbocycles. The van der Waals surface area contributed by atoms with E-state index in [2.05, 4.69) is 12.2 Å². The minimum atomic E-state index is -0.0210. The summed E-state index contributed by atoms with van der Waals surface area (Å²) in [6.07, 6.45) is 4.67. The van der Waals surface area contributed by atoms with Gasteiger partial charge in [-0.1, -0.05) is 19.8 Å². The van der Waals surface area contributed by atoms with Crippen LogP contribution in [-0.2, 0) is 9.59 Å². The molecule has 2 amide bonds. The predicted molar refractivity (Wildman–Crippen MR) is 56.1 cm³/mol. The minimum Gasteiger partial charge on any atom is -0.345 e. The van der Waals surface area contributed by atoms with Crippen molar-refractivity contribution in [2.75, 3.05) is 13.1 Å². The third-order valence-electron chi connectivity index (χ3n) is 3.54. The van der Waals surface area contributed by atoms with Crippen molar-refractivity contribution in [3.63, 3.8) is 0 Å². The molecular weight excluding hydrogens is 192 g/mol. The molecule has 0 aromatic carbocycles. The lowest BCUT2D eigenvalue weighted by molar-refractivity contribution is -0.144. The van der Waals surface area contributed by atoms with Gasteiger partial charge < -0.3 is 10.2 Å². The Labute approximate surface area is 90.0 Å². The van der Waals surface area contributed by atoms with Crippen molar-refractivity contribution in [3.05, 3.63) is 0 Å². The second-order valence-corrected chi connectivity index (χ2v) is 4.63. The van der Waals surface area contributed by atoms with Crippen LogP contribution >= 0.6 is 0 Å². The van der Waals surface area contributed by atoms with Gasteiger partial charge in [0.15, 0.2) is 0 Å². The van der Waals surface area contributed by atoms with Gasteiger partial charge in [-0.05, 0) is 18.8 Å². The molecule has 2 unspecified atom stereocenters. The van der Waals surface area contributed by atoms with Crippen LogP contribution < -0.4 is 5.32 Å². The molecule has 1 aliphatic heterocycles. The molecular formula is C11H18N2O2. The summed E-state index contributed by atoms with van der Waals surface area (Å²) in [7, 11) is 0. The van der Waals surface area contributed by atoms with E-state index in [1.165, 1.54) is 19.3 Å². The average Bonchev–Trinajstić information content (AvgIpc) is 2.23. The van der Waals surface area contributed by atoms with E-state index in [1.54, 1.807) is 4.90 Å². The smallest absolute Gasteiger partial charge is 0.242 e. The normalized spacial score (nSPS) is 32.7. The zero-order chi connectivity index (χ0) is 10.8. The van der Waals surface area contributed by atoms with Crippen molar-refractivity contribution < 1.29 is 9.59 Å². The van der Waals surface area contributed by atoms with Gasteiger partial charge >= 0.3 is 0 Å². The van der Waals surface area contributed by atoms with Crippen LogP contribution in [0.1, 0.15) is 32.6 Å². The summed E-state index contributed by atoms with van der Waals surface area (Å²) in [5, 5.41) is 2.59. The zero-order valence-electron chi connectivity index (χ0n) is 9.16. The van der Waals surface area contributed by atoms with Gasteiger partial charge in [-0.15, -0.1) is 0 Å². The number of amides is 2. The quantitative estimate of drug-likeness (QED) is 0.686. The molecule has 0 aromatic rings. The Morgan fingerprint density at radius 2 is 2.00 bits per heavy atom. The maximum Gasteiger partial charge on any atom is 0.242 e. The first kappa shape index (κ1) is 10.5. The molecule has 84 valence electrons. The molecule has 4 nitrogen and oxygen atoms in total. The van der Waals surface area contributed by atoms with Crippen molar-refractivity contribution >= 4 is 11.8 Å². The summed E-state index contributed by atoms with van der Waals surface area (Å²) in [6.45, 7) is 2.62. The molecule has 2 atom stereocenters. The molecule has 1 heterocycles. The Hall–Kier alpha value is -1.06. The van der Waals surface area contributed by atoms with Crippen LogP contribution in [0.4, 0.5) is 0 Å². The lowest BCUT2D eigenvalue weighted by Crippen LogP contribution is -2.57. The molecule has 2 aliphatic rings.